The molecule has 7 nitrogen and oxygen atoms in total. The molecule has 0 radical (unpaired) electrons. The summed E-state index contributed by atoms with van der Waals surface area (Å²) in [6.45, 7) is 6.12. The summed E-state index contributed by atoms with van der Waals surface area (Å²) in [6, 6.07) is 2.96. The molecule has 2 heterocycles. The second-order valence-corrected chi connectivity index (χ2v) is 6.59. The zero-order valence-corrected chi connectivity index (χ0v) is 14.2. The summed E-state index contributed by atoms with van der Waals surface area (Å²) >= 11 is 0. The number of halogens is 1. The number of piperidine rings is 1. The number of rotatable bonds is 4. The Labute approximate surface area is 144 Å². The van der Waals surface area contributed by atoms with E-state index in [-0.39, 0.29) is 17.4 Å². The standard InChI is InChI=1S/C17H21FN4O3/c1-9(2)22-7-5-10(6-8-22)19-16(23)15-20-12-4-3-11(18)13(17(24)25)14(12)21-15/h3-4,9-10H,5-8H2,1-2H3,(H,19,23)(H,20,21)(H,24,25). The Balaban J connectivity index is 1.75. The van der Waals surface area contributed by atoms with Crippen molar-refractivity contribution in [3.63, 3.8) is 0 Å². The topological polar surface area (TPSA) is 98.3 Å². The lowest BCUT2D eigenvalue weighted by Gasteiger charge is -2.34. The summed E-state index contributed by atoms with van der Waals surface area (Å²) in [5.41, 5.74) is -0.260. The number of carboxylic acid groups (broad SMARTS) is 1. The highest BCUT2D eigenvalue weighted by molar-refractivity contribution is 6.03. The van der Waals surface area contributed by atoms with Gasteiger partial charge in [0.1, 0.15) is 16.9 Å². The molecule has 1 fully saturated rings. The van der Waals surface area contributed by atoms with Crippen LogP contribution in [0.15, 0.2) is 12.1 Å². The Hall–Kier alpha value is -2.48. The van der Waals surface area contributed by atoms with Crippen LogP contribution in [0.1, 0.15) is 47.7 Å². The second kappa shape index (κ2) is 6.79. The summed E-state index contributed by atoms with van der Waals surface area (Å²) in [5, 5.41) is 12.1. The maximum Gasteiger partial charge on any atom is 0.340 e. The lowest BCUT2D eigenvalue weighted by Crippen LogP contribution is -2.46. The molecule has 1 aromatic heterocycles. The van der Waals surface area contributed by atoms with Crippen molar-refractivity contribution >= 4 is 22.9 Å². The third-order valence-electron chi connectivity index (χ3n) is 4.63. The zero-order valence-electron chi connectivity index (χ0n) is 14.2. The number of imidazole rings is 1. The van der Waals surface area contributed by atoms with E-state index in [9.17, 15) is 14.0 Å². The quantitative estimate of drug-likeness (QED) is 0.785. The Morgan fingerprint density at radius 1 is 1.36 bits per heavy atom. The SMILES string of the molecule is CC(C)N1CCC(NC(=O)c2nc3c(C(=O)O)c(F)ccc3[nH]2)CC1. The van der Waals surface area contributed by atoms with Gasteiger partial charge in [0, 0.05) is 25.2 Å². The Bertz CT molecular complexity index is 810. The fraction of sp³-hybridized carbons (Fsp3) is 0.471. The van der Waals surface area contributed by atoms with Gasteiger partial charge in [0.25, 0.3) is 5.91 Å². The van der Waals surface area contributed by atoms with E-state index in [0.717, 1.165) is 32.0 Å². The van der Waals surface area contributed by atoms with E-state index < -0.39 is 23.3 Å². The molecule has 2 aromatic rings. The van der Waals surface area contributed by atoms with Gasteiger partial charge in [-0.3, -0.25) is 4.79 Å². The summed E-state index contributed by atoms with van der Waals surface area (Å²) in [7, 11) is 0. The molecule has 8 heteroatoms. The van der Waals surface area contributed by atoms with E-state index in [4.69, 9.17) is 5.11 Å². The molecule has 1 saturated heterocycles. The summed E-state index contributed by atoms with van der Waals surface area (Å²) < 4.78 is 13.7. The van der Waals surface area contributed by atoms with Crippen LogP contribution in [0.4, 0.5) is 4.39 Å². The number of hydrogen-bond donors (Lipinski definition) is 3. The molecule has 0 bridgehead atoms. The van der Waals surface area contributed by atoms with E-state index in [1.807, 2.05) is 0 Å². The number of hydrogen-bond acceptors (Lipinski definition) is 4. The number of H-pyrrole nitrogens is 1. The monoisotopic (exact) mass is 348 g/mol. The van der Waals surface area contributed by atoms with E-state index >= 15 is 0 Å². The normalized spacial score (nSPS) is 16.5. The minimum Gasteiger partial charge on any atom is -0.478 e. The number of likely N-dealkylation sites (tertiary alicyclic amines) is 1. The van der Waals surface area contributed by atoms with E-state index in [2.05, 4.69) is 34.0 Å². The van der Waals surface area contributed by atoms with Gasteiger partial charge in [-0.1, -0.05) is 0 Å². The molecule has 3 rings (SSSR count). The number of benzene rings is 1. The van der Waals surface area contributed by atoms with Gasteiger partial charge in [0.15, 0.2) is 5.82 Å². The highest BCUT2D eigenvalue weighted by Gasteiger charge is 2.25. The molecule has 0 aliphatic carbocycles. The number of nitrogens with one attached hydrogen (secondary N) is 2. The van der Waals surface area contributed by atoms with Gasteiger partial charge in [-0.15, -0.1) is 0 Å². The molecule has 1 aromatic carbocycles. The smallest absolute Gasteiger partial charge is 0.340 e. The lowest BCUT2D eigenvalue weighted by molar-refractivity contribution is 0.0693. The molecule has 1 aliphatic rings. The number of carbonyl (C=O) groups is 2. The van der Waals surface area contributed by atoms with Crippen molar-refractivity contribution in [2.24, 2.45) is 0 Å². The van der Waals surface area contributed by atoms with Gasteiger partial charge < -0.3 is 20.3 Å². The van der Waals surface area contributed by atoms with Crippen molar-refractivity contribution in [3.8, 4) is 0 Å². The van der Waals surface area contributed by atoms with Gasteiger partial charge in [0.05, 0.1) is 5.52 Å². The first-order chi connectivity index (χ1) is 11.9. The number of aromatic amines is 1. The molecule has 134 valence electrons. The van der Waals surface area contributed by atoms with Crippen LogP contribution >= 0.6 is 0 Å². The molecule has 3 N–H and O–H groups in total. The third-order valence-corrected chi connectivity index (χ3v) is 4.63. The highest BCUT2D eigenvalue weighted by Crippen LogP contribution is 2.20. The first-order valence-electron chi connectivity index (χ1n) is 8.33. The minimum atomic E-state index is -1.41. The Morgan fingerprint density at radius 3 is 2.64 bits per heavy atom. The Kier molecular flexibility index (Phi) is 4.71. The minimum absolute atomic E-state index is 0.00520. The molecule has 0 atom stereocenters. The number of amides is 1. The molecule has 1 aliphatic heterocycles. The van der Waals surface area contributed by atoms with Gasteiger partial charge in [0.2, 0.25) is 0 Å². The second-order valence-electron chi connectivity index (χ2n) is 6.59. The molecular weight excluding hydrogens is 327 g/mol. The van der Waals surface area contributed by atoms with Crippen LogP contribution in [0, 0.1) is 5.82 Å². The number of carboxylic acids is 1. The molecule has 0 unspecified atom stereocenters. The zero-order chi connectivity index (χ0) is 18.1. The number of aromatic nitrogens is 2. The van der Waals surface area contributed by atoms with Crippen molar-refractivity contribution in [1.29, 1.82) is 0 Å². The van der Waals surface area contributed by atoms with Gasteiger partial charge >= 0.3 is 5.97 Å². The van der Waals surface area contributed by atoms with Crippen LogP contribution < -0.4 is 5.32 Å². The highest BCUT2D eigenvalue weighted by atomic mass is 19.1. The molecule has 25 heavy (non-hydrogen) atoms. The predicted octanol–water partition coefficient (Wildman–Crippen LogP) is 2.00. The van der Waals surface area contributed by atoms with Gasteiger partial charge in [-0.05, 0) is 38.8 Å². The van der Waals surface area contributed by atoms with Crippen LogP contribution in [0.25, 0.3) is 11.0 Å². The van der Waals surface area contributed by atoms with Crippen LogP contribution in [0.2, 0.25) is 0 Å². The first-order valence-corrected chi connectivity index (χ1v) is 8.33. The maximum absolute atomic E-state index is 13.7. The molecular formula is C17H21FN4O3. The van der Waals surface area contributed by atoms with E-state index in [1.165, 1.54) is 6.07 Å². The van der Waals surface area contributed by atoms with Crippen molar-refractivity contribution in [2.45, 2.75) is 38.8 Å². The number of nitrogens with zero attached hydrogens (tertiary/aromatic N) is 2. The number of aromatic carboxylic acids is 1. The summed E-state index contributed by atoms with van der Waals surface area (Å²) in [4.78, 5) is 32.8. The van der Waals surface area contributed by atoms with Crippen LogP contribution in [0.5, 0.6) is 0 Å². The van der Waals surface area contributed by atoms with Crippen LogP contribution in [-0.4, -0.2) is 57.0 Å². The van der Waals surface area contributed by atoms with E-state index in [1.54, 1.807) is 0 Å². The average molecular weight is 348 g/mol. The summed E-state index contributed by atoms with van der Waals surface area (Å²) in [5.74, 6) is -2.70. The summed E-state index contributed by atoms with van der Waals surface area (Å²) in [6.07, 6.45) is 1.69. The molecule has 1 amide bonds. The van der Waals surface area contributed by atoms with E-state index in [0.29, 0.717) is 11.6 Å². The van der Waals surface area contributed by atoms with Gasteiger partial charge in [-0.2, -0.15) is 0 Å². The largest absolute Gasteiger partial charge is 0.478 e. The fourth-order valence-corrected chi connectivity index (χ4v) is 3.18. The van der Waals surface area contributed by atoms with Crippen LogP contribution in [0.3, 0.4) is 0 Å². The average Bonchev–Trinajstić information content (AvgIpc) is 2.98. The van der Waals surface area contributed by atoms with Gasteiger partial charge in [-0.25, -0.2) is 14.2 Å². The number of fused-ring (bicyclic) bond motifs is 1. The fourth-order valence-electron chi connectivity index (χ4n) is 3.18. The van der Waals surface area contributed by atoms with Crippen molar-refractivity contribution in [2.75, 3.05) is 13.1 Å². The van der Waals surface area contributed by atoms with Crippen molar-refractivity contribution in [3.05, 3.63) is 29.3 Å². The maximum atomic E-state index is 13.7. The predicted molar refractivity (Wildman–Crippen MR) is 90.2 cm³/mol. The van der Waals surface area contributed by atoms with Crippen molar-refractivity contribution in [1.82, 2.24) is 20.2 Å². The van der Waals surface area contributed by atoms with Crippen LogP contribution in [-0.2, 0) is 0 Å². The van der Waals surface area contributed by atoms with Crippen molar-refractivity contribution < 1.29 is 19.1 Å². The molecule has 0 saturated carbocycles. The Morgan fingerprint density at radius 2 is 2.04 bits per heavy atom. The third kappa shape index (κ3) is 3.48. The lowest BCUT2D eigenvalue weighted by atomic mass is 10.0. The first kappa shape index (κ1) is 17.3. The molecule has 0 spiro atoms. The number of carbonyl (C=O) groups excluding carboxylic acids is 1.